The van der Waals surface area contributed by atoms with E-state index in [-0.39, 0.29) is 5.91 Å². The quantitative estimate of drug-likeness (QED) is 0.566. The van der Waals surface area contributed by atoms with Crippen molar-refractivity contribution in [1.82, 2.24) is 0 Å². The molecule has 0 bridgehead atoms. The van der Waals surface area contributed by atoms with Crippen LogP contribution in [0.5, 0.6) is 0 Å². The molecule has 5 heteroatoms. The average molecular weight is 433 g/mol. The first-order chi connectivity index (χ1) is 11.7. The lowest BCUT2D eigenvalue weighted by molar-refractivity contribution is 0.0929. The predicted octanol–water partition coefficient (Wildman–Crippen LogP) is 4.85. The van der Waals surface area contributed by atoms with E-state index >= 15 is 0 Å². The lowest BCUT2D eigenvalue weighted by Gasteiger charge is -2.08. The van der Waals surface area contributed by atoms with E-state index in [0.29, 0.717) is 18.8 Å². The van der Waals surface area contributed by atoms with Gasteiger partial charge in [-0.1, -0.05) is 18.2 Å². The van der Waals surface area contributed by atoms with Crippen LogP contribution in [0, 0.1) is 3.57 Å². The summed E-state index contributed by atoms with van der Waals surface area (Å²) in [6, 6.07) is 18.8. The van der Waals surface area contributed by atoms with Gasteiger partial charge < -0.3 is 14.5 Å². The summed E-state index contributed by atoms with van der Waals surface area (Å²) in [7, 11) is 0. The van der Waals surface area contributed by atoms with Crippen LogP contribution in [0.15, 0.2) is 71.3 Å². The summed E-state index contributed by atoms with van der Waals surface area (Å²) >= 11 is 2.19. The Morgan fingerprint density at radius 2 is 1.92 bits per heavy atom. The van der Waals surface area contributed by atoms with Crippen molar-refractivity contribution in [3.05, 3.63) is 87.4 Å². The Hall–Kier alpha value is -2.12. The predicted molar refractivity (Wildman–Crippen MR) is 101 cm³/mol. The number of halogens is 1. The number of amides is 1. The number of hydrogen-bond acceptors (Lipinski definition) is 3. The van der Waals surface area contributed by atoms with Crippen LogP contribution < -0.4 is 5.32 Å². The second-order valence-electron chi connectivity index (χ2n) is 5.24. The molecule has 122 valence electrons. The maximum atomic E-state index is 12.3. The molecule has 1 aromatic heterocycles. The molecule has 0 fully saturated rings. The largest absolute Gasteiger partial charge is 0.467 e. The molecule has 0 aliphatic heterocycles. The van der Waals surface area contributed by atoms with Crippen LogP contribution >= 0.6 is 22.6 Å². The number of carbonyl (C=O) groups excluding carboxylic acids is 1. The number of ether oxygens (including phenoxy) is 1. The third-order valence-corrected chi connectivity index (χ3v) is 4.04. The van der Waals surface area contributed by atoms with Crippen LogP contribution in [-0.4, -0.2) is 5.91 Å². The van der Waals surface area contributed by atoms with Gasteiger partial charge in [-0.15, -0.1) is 0 Å². The molecular weight excluding hydrogens is 417 g/mol. The smallest absolute Gasteiger partial charge is 0.255 e. The van der Waals surface area contributed by atoms with Gasteiger partial charge in [-0.25, -0.2) is 0 Å². The van der Waals surface area contributed by atoms with Crippen LogP contribution in [-0.2, 0) is 18.0 Å². The molecular formula is C19H16INO3. The van der Waals surface area contributed by atoms with Crippen LogP contribution in [0.2, 0.25) is 0 Å². The number of rotatable bonds is 6. The van der Waals surface area contributed by atoms with Crippen LogP contribution in [0.4, 0.5) is 5.69 Å². The number of benzene rings is 2. The van der Waals surface area contributed by atoms with Crippen molar-refractivity contribution < 1.29 is 13.9 Å². The molecule has 0 radical (unpaired) electrons. The zero-order valence-electron chi connectivity index (χ0n) is 12.9. The number of nitrogens with one attached hydrogen (secondary N) is 1. The highest BCUT2D eigenvalue weighted by molar-refractivity contribution is 14.1. The second-order valence-corrected chi connectivity index (χ2v) is 6.48. The van der Waals surface area contributed by atoms with Gasteiger partial charge in [-0.05, 0) is 70.6 Å². The summed E-state index contributed by atoms with van der Waals surface area (Å²) in [6.07, 6.45) is 1.62. The molecule has 2 aromatic carbocycles. The Morgan fingerprint density at radius 3 is 2.71 bits per heavy atom. The van der Waals surface area contributed by atoms with Crippen molar-refractivity contribution in [2.24, 2.45) is 0 Å². The molecule has 0 saturated carbocycles. The normalized spacial score (nSPS) is 10.5. The van der Waals surface area contributed by atoms with Crippen molar-refractivity contribution in [3.8, 4) is 0 Å². The van der Waals surface area contributed by atoms with Gasteiger partial charge >= 0.3 is 0 Å². The summed E-state index contributed by atoms with van der Waals surface area (Å²) in [5, 5.41) is 2.91. The monoisotopic (exact) mass is 433 g/mol. The Labute approximate surface area is 154 Å². The molecule has 0 saturated heterocycles. The molecule has 3 aromatic rings. The van der Waals surface area contributed by atoms with E-state index in [1.165, 1.54) is 0 Å². The zero-order valence-corrected chi connectivity index (χ0v) is 15.0. The van der Waals surface area contributed by atoms with Gasteiger partial charge in [-0.2, -0.15) is 0 Å². The van der Waals surface area contributed by atoms with E-state index in [9.17, 15) is 4.79 Å². The fourth-order valence-electron chi connectivity index (χ4n) is 2.24. The second kappa shape index (κ2) is 8.12. The fourth-order valence-corrected chi connectivity index (χ4v) is 2.78. The van der Waals surface area contributed by atoms with E-state index in [0.717, 1.165) is 20.6 Å². The SMILES string of the molecule is O=C(Nc1cccc(COCc2ccco2)c1)c1cccc(I)c1. The summed E-state index contributed by atoms with van der Waals surface area (Å²) in [4.78, 5) is 12.3. The third kappa shape index (κ3) is 4.69. The molecule has 0 unspecified atom stereocenters. The van der Waals surface area contributed by atoms with Gasteiger partial charge in [0.1, 0.15) is 12.4 Å². The van der Waals surface area contributed by atoms with Gasteiger partial charge in [0, 0.05) is 14.8 Å². The third-order valence-electron chi connectivity index (χ3n) is 3.36. The van der Waals surface area contributed by atoms with Gasteiger partial charge in [0.15, 0.2) is 0 Å². The summed E-state index contributed by atoms with van der Waals surface area (Å²) in [5.41, 5.74) is 2.38. The van der Waals surface area contributed by atoms with Crippen molar-refractivity contribution in [2.45, 2.75) is 13.2 Å². The molecule has 3 rings (SSSR count). The highest BCUT2D eigenvalue weighted by atomic mass is 127. The van der Waals surface area contributed by atoms with Crippen LogP contribution in [0.25, 0.3) is 0 Å². The Balaban J connectivity index is 1.59. The summed E-state index contributed by atoms with van der Waals surface area (Å²) in [6.45, 7) is 0.875. The van der Waals surface area contributed by atoms with Gasteiger partial charge in [0.25, 0.3) is 5.91 Å². The molecule has 0 aliphatic rings. The first kappa shape index (κ1) is 16.7. The molecule has 0 atom stereocenters. The molecule has 4 nitrogen and oxygen atoms in total. The zero-order chi connectivity index (χ0) is 16.8. The molecule has 1 heterocycles. The molecule has 1 amide bonds. The van der Waals surface area contributed by atoms with Gasteiger partial charge in [0.2, 0.25) is 0 Å². The Kier molecular flexibility index (Phi) is 5.66. The lowest BCUT2D eigenvalue weighted by atomic mass is 10.2. The summed E-state index contributed by atoms with van der Waals surface area (Å²) < 4.78 is 11.9. The lowest BCUT2D eigenvalue weighted by Crippen LogP contribution is -2.12. The van der Waals surface area contributed by atoms with Crippen molar-refractivity contribution in [2.75, 3.05) is 5.32 Å². The Bertz CT molecular complexity index is 815. The highest BCUT2D eigenvalue weighted by Gasteiger charge is 2.07. The molecule has 24 heavy (non-hydrogen) atoms. The minimum atomic E-state index is -0.123. The van der Waals surface area contributed by atoms with E-state index < -0.39 is 0 Å². The number of hydrogen-bond donors (Lipinski definition) is 1. The highest BCUT2D eigenvalue weighted by Crippen LogP contribution is 2.15. The maximum absolute atomic E-state index is 12.3. The number of carbonyl (C=O) groups is 1. The topological polar surface area (TPSA) is 51.5 Å². The minimum absolute atomic E-state index is 0.123. The standard InChI is InChI=1S/C19H16INO3/c20-16-6-2-5-15(11-16)19(22)21-17-7-1-4-14(10-17)12-23-13-18-8-3-9-24-18/h1-11H,12-13H2,(H,21,22). The Morgan fingerprint density at radius 1 is 1.04 bits per heavy atom. The maximum Gasteiger partial charge on any atom is 0.255 e. The van der Waals surface area contributed by atoms with E-state index in [4.69, 9.17) is 9.15 Å². The number of anilines is 1. The first-order valence-corrected chi connectivity index (χ1v) is 8.54. The van der Waals surface area contributed by atoms with Crippen LogP contribution in [0.1, 0.15) is 21.7 Å². The van der Waals surface area contributed by atoms with Gasteiger partial charge in [0.05, 0.1) is 12.9 Å². The summed E-state index contributed by atoms with van der Waals surface area (Å²) in [5.74, 6) is 0.667. The van der Waals surface area contributed by atoms with Gasteiger partial charge in [-0.3, -0.25) is 4.79 Å². The number of furan rings is 1. The minimum Gasteiger partial charge on any atom is -0.467 e. The van der Waals surface area contributed by atoms with Crippen molar-refractivity contribution >= 4 is 34.2 Å². The molecule has 0 aliphatic carbocycles. The van der Waals surface area contributed by atoms with E-state index in [2.05, 4.69) is 27.9 Å². The fraction of sp³-hybridized carbons (Fsp3) is 0.105. The molecule has 1 N–H and O–H groups in total. The first-order valence-electron chi connectivity index (χ1n) is 7.47. The van der Waals surface area contributed by atoms with E-state index in [1.54, 1.807) is 12.3 Å². The molecule has 0 spiro atoms. The van der Waals surface area contributed by atoms with Crippen molar-refractivity contribution in [3.63, 3.8) is 0 Å². The average Bonchev–Trinajstić information content (AvgIpc) is 3.09. The van der Waals surface area contributed by atoms with E-state index in [1.807, 2.05) is 54.6 Å². The van der Waals surface area contributed by atoms with Crippen molar-refractivity contribution in [1.29, 1.82) is 0 Å². The van der Waals surface area contributed by atoms with Crippen LogP contribution in [0.3, 0.4) is 0 Å².